The summed E-state index contributed by atoms with van der Waals surface area (Å²) in [5.74, 6) is -3.63. The van der Waals surface area contributed by atoms with Gasteiger partial charge in [0.15, 0.2) is 0 Å². The van der Waals surface area contributed by atoms with E-state index in [1.807, 2.05) is 76.2 Å². The number of nitrogens with zero attached hydrogens (tertiary/aromatic N) is 2. The molecular weight excluding hydrogens is 634 g/mol. The van der Waals surface area contributed by atoms with E-state index in [1.165, 1.54) is 4.90 Å². The summed E-state index contributed by atoms with van der Waals surface area (Å²) in [5.41, 5.74) is 1.97. The van der Waals surface area contributed by atoms with Gasteiger partial charge in [-0.2, -0.15) is 0 Å². The van der Waals surface area contributed by atoms with E-state index < -0.39 is 47.7 Å². The van der Waals surface area contributed by atoms with Crippen LogP contribution < -0.4 is 10.2 Å². The smallest absolute Gasteiger partial charge is 0.313 e. The van der Waals surface area contributed by atoms with Gasteiger partial charge in [0.2, 0.25) is 11.8 Å². The molecular formula is C40H51N3O7. The molecule has 3 heterocycles. The van der Waals surface area contributed by atoms with Crippen LogP contribution in [0.4, 0.5) is 5.69 Å². The van der Waals surface area contributed by atoms with Crippen LogP contribution in [0, 0.1) is 31.6 Å². The van der Waals surface area contributed by atoms with Crippen molar-refractivity contribution in [2.45, 2.75) is 89.7 Å². The first-order chi connectivity index (χ1) is 24.0. The SMILES string of the molecule is C=CCCC(=O)NC[C@H](OC(=O)[C@@H]1[C@H]2C(=O)N([C@@H](CO)[C@@H](C)CC)[C@H](C(=O)N(CC=C)c3cc(C)ccc3C)[C@]23CC[C@H]1O3)c1ccccc1. The maximum atomic E-state index is 15.0. The number of nitrogens with one attached hydrogen (secondary N) is 1. The molecule has 3 fully saturated rings. The van der Waals surface area contributed by atoms with E-state index in [0.29, 0.717) is 36.9 Å². The second kappa shape index (κ2) is 15.7. The molecule has 8 atom stereocenters. The number of hydrogen-bond acceptors (Lipinski definition) is 7. The number of likely N-dealkylation sites (tertiary alicyclic amines) is 1. The number of ether oxygens (including phenoxy) is 2. The van der Waals surface area contributed by atoms with E-state index >= 15 is 4.79 Å². The molecule has 3 saturated heterocycles. The third kappa shape index (κ3) is 6.88. The van der Waals surface area contributed by atoms with Crippen molar-refractivity contribution in [3.05, 3.63) is 90.5 Å². The van der Waals surface area contributed by atoms with Gasteiger partial charge in [-0.1, -0.05) is 74.9 Å². The van der Waals surface area contributed by atoms with Crippen LogP contribution in [0.25, 0.3) is 0 Å². The van der Waals surface area contributed by atoms with Crippen molar-refractivity contribution in [2.24, 2.45) is 17.8 Å². The number of fused-ring (bicyclic) bond motifs is 1. The molecule has 5 rings (SSSR count). The minimum atomic E-state index is -1.29. The van der Waals surface area contributed by atoms with E-state index in [-0.39, 0.29) is 49.8 Å². The first-order valence-corrected chi connectivity index (χ1v) is 17.8. The molecule has 268 valence electrons. The molecule has 0 aliphatic carbocycles. The first-order valence-electron chi connectivity index (χ1n) is 17.8. The lowest BCUT2D eigenvalue weighted by atomic mass is 9.70. The Bertz CT molecular complexity index is 1590. The number of aliphatic hydroxyl groups is 1. The van der Waals surface area contributed by atoms with Gasteiger partial charge in [0, 0.05) is 18.7 Å². The molecule has 10 heteroatoms. The number of aryl methyl sites for hydroxylation is 2. The Morgan fingerprint density at radius 1 is 1.16 bits per heavy atom. The Morgan fingerprint density at radius 2 is 1.90 bits per heavy atom. The topological polar surface area (TPSA) is 125 Å². The molecule has 2 N–H and O–H groups in total. The Kier molecular flexibility index (Phi) is 11.6. The van der Waals surface area contributed by atoms with Crippen LogP contribution in [0.5, 0.6) is 0 Å². The number of hydrogen-bond donors (Lipinski definition) is 2. The van der Waals surface area contributed by atoms with Crippen LogP contribution in [0.1, 0.15) is 68.7 Å². The summed E-state index contributed by atoms with van der Waals surface area (Å²) in [7, 11) is 0. The Morgan fingerprint density at radius 3 is 2.56 bits per heavy atom. The highest BCUT2D eigenvalue weighted by molar-refractivity contribution is 6.05. The number of anilines is 1. The quantitative estimate of drug-likeness (QED) is 0.189. The summed E-state index contributed by atoms with van der Waals surface area (Å²) in [6.45, 7) is 15.3. The van der Waals surface area contributed by atoms with Gasteiger partial charge in [0.25, 0.3) is 5.91 Å². The van der Waals surface area contributed by atoms with Gasteiger partial charge in [-0.05, 0) is 61.8 Å². The fraction of sp³-hybridized carbons (Fsp3) is 0.500. The largest absolute Gasteiger partial charge is 0.455 e. The molecule has 2 aromatic carbocycles. The highest BCUT2D eigenvalue weighted by Gasteiger charge is 2.76. The predicted octanol–water partition coefficient (Wildman–Crippen LogP) is 4.97. The Labute approximate surface area is 295 Å². The number of amides is 3. The van der Waals surface area contributed by atoms with Crippen LogP contribution >= 0.6 is 0 Å². The molecule has 0 aromatic heterocycles. The molecule has 3 amide bonds. The van der Waals surface area contributed by atoms with E-state index in [1.54, 1.807) is 17.1 Å². The van der Waals surface area contributed by atoms with Crippen molar-refractivity contribution < 1.29 is 33.8 Å². The second-order valence-electron chi connectivity index (χ2n) is 13.9. The van der Waals surface area contributed by atoms with Crippen LogP contribution in [-0.4, -0.2) is 77.2 Å². The number of esters is 1. The Hall–Kier alpha value is -4.28. The monoisotopic (exact) mass is 685 g/mol. The third-order valence-electron chi connectivity index (χ3n) is 10.8. The van der Waals surface area contributed by atoms with Gasteiger partial charge in [-0.3, -0.25) is 19.2 Å². The minimum absolute atomic E-state index is 0.0495. The number of benzene rings is 2. The molecule has 10 nitrogen and oxygen atoms in total. The molecule has 50 heavy (non-hydrogen) atoms. The third-order valence-corrected chi connectivity index (χ3v) is 10.8. The summed E-state index contributed by atoms with van der Waals surface area (Å²) in [5, 5.41) is 13.6. The average molecular weight is 686 g/mol. The first kappa shape index (κ1) is 37.0. The molecule has 3 aliphatic rings. The van der Waals surface area contributed by atoms with Gasteiger partial charge < -0.3 is 29.7 Å². The number of allylic oxidation sites excluding steroid dienone is 1. The number of carbonyl (C=O) groups excluding carboxylic acids is 4. The molecule has 3 aliphatic heterocycles. The maximum absolute atomic E-state index is 15.0. The van der Waals surface area contributed by atoms with Gasteiger partial charge in [0.05, 0.1) is 37.1 Å². The zero-order valence-electron chi connectivity index (χ0n) is 29.7. The standard InChI is InChI=1S/C40H51N3O7/c1-7-10-16-33(45)41-23-32(28-14-12-11-13-15-28)49-39(48)34-31-19-20-40(50-31)35(34)37(46)43(30(24-44)26(5)9-3)36(40)38(47)42(21-8-2)29-22-25(4)17-18-27(29)6/h7-8,11-15,17-18,22,26,30-32,34-36,44H,1-2,9-10,16,19-21,23-24H2,3-6H3,(H,41,45)/t26-,30-,31+,32-,34-,35-,36+,40-/m0/s1. The van der Waals surface area contributed by atoms with Crippen LogP contribution in [0.3, 0.4) is 0 Å². The van der Waals surface area contributed by atoms with Gasteiger partial charge in [0.1, 0.15) is 17.7 Å². The minimum Gasteiger partial charge on any atom is -0.455 e. The van der Waals surface area contributed by atoms with E-state index in [0.717, 1.165) is 11.1 Å². The molecule has 0 unspecified atom stereocenters. The molecule has 2 aromatic rings. The number of aliphatic hydroxyl groups excluding tert-OH is 1. The molecule has 1 spiro atoms. The van der Waals surface area contributed by atoms with Crippen molar-refractivity contribution in [1.29, 1.82) is 0 Å². The molecule has 0 saturated carbocycles. The van der Waals surface area contributed by atoms with Crippen molar-refractivity contribution in [2.75, 3.05) is 24.6 Å². The maximum Gasteiger partial charge on any atom is 0.313 e. The van der Waals surface area contributed by atoms with Gasteiger partial charge in [-0.15, -0.1) is 13.2 Å². The summed E-state index contributed by atoms with van der Waals surface area (Å²) >= 11 is 0. The van der Waals surface area contributed by atoms with Crippen LogP contribution in [0.2, 0.25) is 0 Å². The highest BCUT2D eigenvalue weighted by Crippen LogP contribution is 2.59. The lowest BCUT2D eigenvalue weighted by molar-refractivity contribution is -0.161. The van der Waals surface area contributed by atoms with Crippen LogP contribution in [0.15, 0.2) is 73.8 Å². The highest BCUT2D eigenvalue weighted by atomic mass is 16.6. The fourth-order valence-corrected chi connectivity index (χ4v) is 8.05. The average Bonchev–Trinajstić information content (AvgIpc) is 3.77. The van der Waals surface area contributed by atoms with E-state index in [9.17, 15) is 19.5 Å². The Balaban J connectivity index is 1.53. The zero-order chi connectivity index (χ0) is 36.2. The summed E-state index contributed by atoms with van der Waals surface area (Å²) in [6.07, 6.45) is 4.19. The summed E-state index contributed by atoms with van der Waals surface area (Å²) < 4.78 is 12.9. The predicted molar refractivity (Wildman–Crippen MR) is 191 cm³/mol. The zero-order valence-corrected chi connectivity index (χ0v) is 29.7. The summed E-state index contributed by atoms with van der Waals surface area (Å²) in [4.78, 5) is 59.8. The lowest BCUT2D eigenvalue weighted by Gasteiger charge is -2.41. The van der Waals surface area contributed by atoms with E-state index in [4.69, 9.17) is 9.47 Å². The van der Waals surface area contributed by atoms with Crippen molar-refractivity contribution in [3.63, 3.8) is 0 Å². The van der Waals surface area contributed by atoms with Gasteiger partial charge in [-0.25, -0.2) is 0 Å². The summed E-state index contributed by atoms with van der Waals surface area (Å²) in [6, 6.07) is 13.3. The normalized spacial score (nSPS) is 25.4. The number of rotatable bonds is 16. The lowest BCUT2D eigenvalue weighted by Crippen LogP contribution is -2.60. The van der Waals surface area contributed by atoms with Crippen molar-refractivity contribution in [1.82, 2.24) is 10.2 Å². The van der Waals surface area contributed by atoms with Crippen molar-refractivity contribution >= 4 is 29.4 Å². The number of carbonyl (C=O) groups is 4. The second-order valence-corrected chi connectivity index (χ2v) is 13.9. The van der Waals surface area contributed by atoms with E-state index in [2.05, 4.69) is 18.5 Å². The molecule has 2 bridgehead atoms. The van der Waals surface area contributed by atoms with Crippen molar-refractivity contribution in [3.8, 4) is 0 Å². The molecule has 0 radical (unpaired) electrons. The fourth-order valence-electron chi connectivity index (χ4n) is 8.05. The van der Waals surface area contributed by atoms with Crippen LogP contribution in [-0.2, 0) is 28.7 Å². The van der Waals surface area contributed by atoms with Gasteiger partial charge >= 0.3 is 5.97 Å².